The number of para-hydroxylation sites is 1. The summed E-state index contributed by atoms with van der Waals surface area (Å²) >= 11 is 5.22. The number of aromatic amines is 1. The minimum atomic E-state index is -4.62. The van der Waals surface area contributed by atoms with E-state index in [1.165, 1.54) is 29.8 Å². The minimum Gasteiger partial charge on any atom is -0.462 e. The van der Waals surface area contributed by atoms with Crippen LogP contribution in [0.25, 0.3) is 0 Å². The van der Waals surface area contributed by atoms with Crippen molar-refractivity contribution in [3.05, 3.63) is 57.2 Å². The van der Waals surface area contributed by atoms with Gasteiger partial charge in [-0.25, -0.2) is 4.57 Å². The van der Waals surface area contributed by atoms with Gasteiger partial charge >= 0.3 is 13.7 Å². The molecule has 11 nitrogen and oxygen atoms in total. The highest BCUT2D eigenvalue weighted by molar-refractivity contribution is 7.71. The monoisotopic (exact) mass is 543 g/mol. The molecular formula is C23H32N3O8PS. The number of H-pyrrole nitrogens is 1. The van der Waals surface area contributed by atoms with Gasteiger partial charge in [-0.15, -0.1) is 0 Å². The summed E-state index contributed by atoms with van der Waals surface area (Å²) in [6.07, 6.45) is -3.06. The van der Waals surface area contributed by atoms with E-state index >= 15 is 0 Å². The fourth-order valence-corrected chi connectivity index (χ4v) is 5.04. The van der Waals surface area contributed by atoms with Crippen LogP contribution in [0, 0.1) is 17.6 Å². The number of nitrogens with one attached hydrogen (secondary N) is 2. The first-order valence-corrected chi connectivity index (χ1v) is 13.3. The number of ether oxygens (including phenoxy) is 2. The third-order valence-corrected chi connectivity index (χ3v) is 7.13. The Kier molecular flexibility index (Phi) is 8.30. The van der Waals surface area contributed by atoms with Gasteiger partial charge < -0.3 is 19.1 Å². The highest BCUT2D eigenvalue weighted by Gasteiger charge is 2.44. The number of aryl methyl sites for hydroxylation is 1. The van der Waals surface area contributed by atoms with Gasteiger partial charge in [0.2, 0.25) is 0 Å². The van der Waals surface area contributed by atoms with Gasteiger partial charge in [-0.1, -0.05) is 25.1 Å². The predicted octanol–water partition coefficient (Wildman–Crippen LogP) is 3.24. The van der Waals surface area contributed by atoms with Gasteiger partial charge in [-0.3, -0.25) is 23.7 Å². The van der Waals surface area contributed by atoms with E-state index < -0.39 is 56.8 Å². The van der Waals surface area contributed by atoms with Gasteiger partial charge in [-0.2, -0.15) is 5.09 Å². The topological polar surface area (TPSA) is 141 Å². The Morgan fingerprint density at radius 2 is 2.03 bits per heavy atom. The lowest BCUT2D eigenvalue weighted by atomic mass is 10.0. The molecule has 2 aromatic rings. The highest BCUT2D eigenvalue weighted by atomic mass is 32.1. The molecule has 0 bridgehead atoms. The van der Waals surface area contributed by atoms with E-state index in [0.29, 0.717) is 5.56 Å². The van der Waals surface area contributed by atoms with E-state index in [1.807, 2.05) is 0 Å². The Hall–Kier alpha value is -2.34. The zero-order valence-electron chi connectivity index (χ0n) is 22.5. The number of benzene rings is 1. The molecule has 3 rings (SSSR count). The average Bonchev–Trinajstić information content (AvgIpc) is 3.11. The molecule has 2 heterocycles. The van der Waals surface area contributed by atoms with Crippen molar-refractivity contribution < 1.29 is 35.7 Å². The van der Waals surface area contributed by atoms with Gasteiger partial charge in [0.25, 0.3) is 5.56 Å². The first-order chi connectivity index (χ1) is 17.6. The van der Waals surface area contributed by atoms with Crippen molar-refractivity contribution in [2.24, 2.45) is 5.92 Å². The second-order valence-electron chi connectivity index (χ2n) is 8.72. The molecule has 0 aliphatic carbocycles. The third-order valence-electron chi connectivity index (χ3n) is 5.32. The van der Waals surface area contributed by atoms with Gasteiger partial charge in [-0.05, 0) is 52.0 Å². The molecule has 0 spiro atoms. The zero-order valence-corrected chi connectivity index (χ0v) is 22.2. The molecule has 1 fully saturated rings. The maximum Gasteiger partial charge on any atom is 0.459 e. The Morgan fingerprint density at radius 1 is 1.36 bits per heavy atom. The van der Waals surface area contributed by atoms with Crippen molar-refractivity contribution in [1.29, 1.82) is 0 Å². The van der Waals surface area contributed by atoms with E-state index in [4.69, 9.17) is 33.5 Å². The summed E-state index contributed by atoms with van der Waals surface area (Å²) in [5.41, 5.74) is -0.0540. The number of aromatic nitrogens is 2. The summed E-state index contributed by atoms with van der Waals surface area (Å²) in [7, 11) is -4.62. The van der Waals surface area contributed by atoms with Crippen molar-refractivity contribution in [3.8, 4) is 5.75 Å². The number of carbonyl (C=O) groups is 1. The zero-order chi connectivity index (χ0) is 28.4. The molecule has 198 valence electrons. The van der Waals surface area contributed by atoms with Crippen molar-refractivity contribution in [3.63, 3.8) is 0 Å². The number of aliphatic hydroxyl groups excluding tert-OH is 1. The fraction of sp³-hybridized carbons (Fsp3) is 0.522. The standard InChI is InChI=1S/C23H32N3O8PS/c1-13(2)32-22(29)16(5)25-35(30,34-17-9-7-6-8-10-17)31-12-18-19(27)15(4)21(33-18)26-11-14(3)20(28)24-23(26)36/h6-11,13,15-16,18-19,21,27H,12H2,1-5H3,(H,25,30)(H,24,28,36)/t15-,16+,18+,19?,21+,35?/m1/s1/i12D2. The molecule has 36 heavy (non-hydrogen) atoms. The van der Waals surface area contributed by atoms with E-state index in [-0.39, 0.29) is 16.1 Å². The van der Waals surface area contributed by atoms with Crippen LogP contribution < -0.4 is 15.2 Å². The third kappa shape index (κ3) is 6.90. The van der Waals surface area contributed by atoms with Crippen LogP contribution in [0.5, 0.6) is 5.75 Å². The summed E-state index contributed by atoms with van der Waals surface area (Å²) in [5.74, 6) is -1.38. The number of hydrogen-bond acceptors (Lipinski definition) is 9. The Bertz CT molecular complexity index is 1310. The molecule has 0 saturated carbocycles. The van der Waals surface area contributed by atoms with Gasteiger partial charge in [0.05, 0.1) is 21.5 Å². The first-order valence-electron chi connectivity index (χ1n) is 12.3. The maximum atomic E-state index is 13.8. The van der Waals surface area contributed by atoms with E-state index in [0.717, 1.165) is 0 Å². The molecule has 1 aromatic carbocycles. The van der Waals surface area contributed by atoms with Gasteiger partial charge in [0, 0.05) is 17.7 Å². The van der Waals surface area contributed by atoms with Crippen LogP contribution in [-0.4, -0.2) is 51.5 Å². The summed E-state index contributed by atoms with van der Waals surface area (Å²) in [6.45, 7) is 4.94. The molecule has 6 atom stereocenters. The molecule has 1 aliphatic rings. The quantitative estimate of drug-likeness (QED) is 0.232. The Labute approximate surface area is 217 Å². The number of nitrogens with zero attached hydrogens (tertiary/aromatic N) is 1. The molecule has 0 amide bonds. The molecule has 0 radical (unpaired) electrons. The van der Waals surface area contributed by atoms with Crippen molar-refractivity contribution in [2.75, 3.05) is 6.56 Å². The number of rotatable bonds is 10. The summed E-state index contributed by atoms with van der Waals surface area (Å²) < 4.78 is 54.3. The Balaban J connectivity index is 1.90. The molecule has 1 saturated heterocycles. The smallest absolute Gasteiger partial charge is 0.459 e. The number of esters is 1. The second-order valence-corrected chi connectivity index (χ2v) is 10.7. The molecular weight excluding hydrogens is 509 g/mol. The van der Waals surface area contributed by atoms with Crippen molar-refractivity contribution >= 4 is 25.9 Å². The van der Waals surface area contributed by atoms with E-state index in [1.54, 1.807) is 45.9 Å². The average molecular weight is 544 g/mol. The first kappa shape index (κ1) is 25.3. The lowest BCUT2D eigenvalue weighted by molar-refractivity contribution is -0.149. The highest BCUT2D eigenvalue weighted by Crippen LogP contribution is 2.46. The van der Waals surface area contributed by atoms with Crippen molar-refractivity contribution in [1.82, 2.24) is 14.6 Å². The molecule has 1 aliphatic heterocycles. The van der Waals surface area contributed by atoms with Crippen LogP contribution in [0.4, 0.5) is 0 Å². The van der Waals surface area contributed by atoms with Crippen LogP contribution in [0.3, 0.4) is 0 Å². The SMILES string of the molecule is [2H]C([2H])(OP(=O)(N[C@@H](C)C(=O)OC(C)C)Oc1ccccc1)[C@@H]1O[C@H](n2cc(C)c(=O)[nH]c2=S)[C@H](C)C1O. The lowest BCUT2D eigenvalue weighted by Gasteiger charge is -2.25. The van der Waals surface area contributed by atoms with Crippen LogP contribution in [0.15, 0.2) is 41.3 Å². The summed E-state index contributed by atoms with van der Waals surface area (Å²) in [4.78, 5) is 26.8. The summed E-state index contributed by atoms with van der Waals surface area (Å²) in [5, 5.41) is 13.3. The maximum absolute atomic E-state index is 13.8. The lowest BCUT2D eigenvalue weighted by Crippen LogP contribution is -2.37. The van der Waals surface area contributed by atoms with Gasteiger partial charge in [0.1, 0.15) is 24.1 Å². The Morgan fingerprint density at radius 3 is 2.67 bits per heavy atom. The van der Waals surface area contributed by atoms with Crippen molar-refractivity contribution in [2.45, 2.75) is 65.2 Å². The number of hydrogen-bond donors (Lipinski definition) is 3. The van der Waals surface area contributed by atoms with Crippen LogP contribution >= 0.6 is 20.0 Å². The normalized spacial score (nSPS) is 25.5. The van der Waals surface area contributed by atoms with Crippen LogP contribution in [0.1, 0.15) is 42.2 Å². The number of aliphatic hydroxyl groups is 1. The van der Waals surface area contributed by atoms with Gasteiger partial charge in [0.15, 0.2) is 4.77 Å². The second kappa shape index (κ2) is 11.8. The van der Waals surface area contributed by atoms with E-state index in [2.05, 4.69) is 10.1 Å². The molecule has 13 heteroatoms. The summed E-state index contributed by atoms with van der Waals surface area (Å²) in [6, 6.07) is 6.66. The number of carbonyl (C=O) groups excluding carboxylic acids is 1. The minimum absolute atomic E-state index is 0.0176. The molecule has 3 N–H and O–H groups in total. The van der Waals surface area contributed by atoms with Crippen LogP contribution in [0.2, 0.25) is 0 Å². The van der Waals surface area contributed by atoms with Crippen LogP contribution in [-0.2, 0) is 23.4 Å². The predicted molar refractivity (Wildman–Crippen MR) is 134 cm³/mol. The van der Waals surface area contributed by atoms with E-state index in [9.17, 15) is 19.3 Å². The largest absolute Gasteiger partial charge is 0.462 e. The molecule has 1 aromatic heterocycles. The fourth-order valence-electron chi connectivity index (χ4n) is 3.43. The molecule has 2 unspecified atom stereocenters.